The molecule has 0 bridgehead atoms. The summed E-state index contributed by atoms with van der Waals surface area (Å²) in [6.07, 6.45) is -0.774. The van der Waals surface area contributed by atoms with E-state index in [0.29, 0.717) is 17.6 Å². The monoisotopic (exact) mass is 294 g/mol. The van der Waals surface area contributed by atoms with E-state index < -0.39 is 18.0 Å². The number of quaternary nitrogens is 1. The molecule has 7 nitrogen and oxygen atoms in total. The van der Waals surface area contributed by atoms with Gasteiger partial charge in [0.05, 0.1) is 27.7 Å². The maximum Gasteiger partial charge on any atom is 0.302 e. The maximum atomic E-state index is 10.6. The molecule has 0 aromatic rings. The molecule has 0 aromatic heterocycles. The van der Waals surface area contributed by atoms with E-state index in [-0.39, 0.29) is 19.6 Å². The van der Waals surface area contributed by atoms with Crippen LogP contribution in [0, 0.1) is 0 Å². The minimum atomic E-state index is -1.73. The topological polar surface area (TPSA) is 85.2 Å². The number of hydrogen-bond acceptors (Lipinski definition) is 6. The van der Waals surface area contributed by atoms with Gasteiger partial charge >= 0.3 is 5.97 Å². The second kappa shape index (κ2) is 8.53. The Bertz CT molecular complexity index is 291. The van der Waals surface area contributed by atoms with Gasteiger partial charge in [0, 0.05) is 13.3 Å². The Morgan fingerprint density at radius 1 is 1.25 bits per heavy atom. The largest absolute Gasteiger partial charge is 0.463 e. The molecule has 0 aromatic carbocycles. The number of carbonyl (C=O) groups is 1. The van der Waals surface area contributed by atoms with Gasteiger partial charge in [-0.1, -0.05) is 6.92 Å². The molecule has 20 heavy (non-hydrogen) atoms. The van der Waals surface area contributed by atoms with Crippen LogP contribution in [0.2, 0.25) is 0 Å². The molecule has 2 N–H and O–H groups in total. The molecular weight excluding hydrogens is 266 g/mol. The molecule has 0 aliphatic rings. The Balaban J connectivity index is 4.07. The molecule has 0 fully saturated rings. The van der Waals surface area contributed by atoms with Gasteiger partial charge in [-0.05, 0) is 0 Å². The predicted octanol–water partition coefficient (Wildman–Crippen LogP) is -0.294. The van der Waals surface area contributed by atoms with Crippen LogP contribution in [0.25, 0.3) is 0 Å². The first-order valence-corrected chi connectivity index (χ1v) is 6.70. The van der Waals surface area contributed by atoms with Gasteiger partial charge in [-0.15, -0.1) is 0 Å². The molecule has 120 valence electrons. The lowest BCUT2D eigenvalue weighted by atomic mass is 10.3. The quantitative estimate of drug-likeness (QED) is 0.327. The highest BCUT2D eigenvalue weighted by molar-refractivity contribution is 5.65. The van der Waals surface area contributed by atoms with E-state index in [9.17, 15) is 15.0 Å². The summed E-state index contributed by atoms with van der Waals surface area (Å²) < 4.78 is 15.8. The minimum absolute atomic E-state index is 0.173. The van der Waals surface area contributed by atoms with Gasteiger partial charge in [0.25, 0.3) is 5.97 Å². The second-order valence-corrected chi connectivity index (χ2v) is 5.70. The summed E-state index contributed by atoms with van der Waals surface area (Å²) in [6, 6.07) is 0. The first-order valence-electron chi connectivity index (χ1n) is 6.70. The van der Waals surface area contributed by atoms with Crippen molar-refractivity contribution in [2.75, 3.05) is 47.5 Å². The number of hydrogen-bond donors (Lipinski definition) is 2. The third kappa shape index (κ3) is 10.1. The smallest absolute Gasteiger partial charge is 0.302 e. The van der Waals surface area contributed by atoms with E-state index >= 15 is 0 Å². The van der Waals surface area contributed by atoms with Crippen molar-refractivity contribution < 1.29 is 33.7 Å². The zero-order valence-electron chi connectivity index (χ0n) is 13.1. The Kier molecular flexibility index (Phi) is 8.22. The molecule has 0 heterocycles. The third-order valence-electron chi connectivity index (χ3n) is 2.52. The molecule has 7 heteroatoms. The van der Waals surface area contributed by atoms with Crippen LogP contribution in [0.4, 0.5) is 0 Å². The lowest BCUT2D eigenvalue weighted by Crippen LogP contribution is -2.43. The molecule has 2 atom stereocenters. The van der Waals surface area contributed by atoms with Crippen LogP contribution in [0.3, 0.4) is 0 Å². The van der Waals surface area contributed by atoms with Crippen molar-refractivity contribution in [2.24, 2.45) is 0 Å². The zero-order chi connectivity index (χ0) is 15.8. The van der Waals surface area contributed by atoms with Crippen LogP contribution in [0.15, 0.2) is 0 Å². The lowest BCUT2D eigenvalue weighted by molar-refractivity contribution is -0.871. The highest BCUT2D eigenvalue weighted by atomic mass is 16.8. The molecule has 0 rings (SSSR count). The minimum Gasteiger partial charge on any atom is -0.463 e. The summed E-state index contributed by atoms with van der Waals surface area (Å²) in [4.78, 5) is 10.6. The van der Waals surface area contributed by atoms with Crippen LogP contribution in [0.5, 0.6) is 0 Å². The second-order valence-electron chi connectivity index (χ2n) is 5.70. The molecule has 2 unspecified atom stereocenters. The Morgan fingerprint density at radius 2 is 1.85 bits per heavy atom. The summed E-state index contributed by atoms with van der Waals surface area (Å²) in [7, 11) is 6.04. The Hall–Kier alpha value is -0.730. The van der Waals surface area contributed by atoms with Crippen molar-refractivity contribution in [3.63, 3.8) is 0 Å². The number of ether oxygens (including phenoxy) is 3. The molecule has 0 radical (unpaired) electrons. The lowest BCUT2D eigenvalue weighted by Gasteiger charge is -2.30. The molecule has 0 amide bonds. The average Bonchev–Trinajstić information content (AvgIpc) is 2.32. The standard InChI is InChI=1S/C13H28NO6/c1-6-13(17,19-8-7-14(3,4)5)20-10-12(16)9-18-11(2)15/h12,16-17H,6-10H2,1-5H3/q+1. The number of esters is 1. The van der Waals surface area contributed by atoms with Crippen molar-refractivity contribution in [1.29, 1.82) is 0 Å². The number of rotatable bonds is 10. The fraction of sp³-hybridized carbons (Fsp3) is 0.923. The maximum absolute atomic E-state index is 10.6. The molecular formula is C13H28NO6+. The van der Waals surface area contributed by atoms with Crippen molar-refractivity contribution >= 4 is 5.97 Å². The number of aliphatic hydroxyl groups is 2. The van der Waals surface area contributed by atoms with E-state index in [0.717, 1.165) is 0 Å². The van der Waals surface area contributed by atoms with Crippen LogP contribution in [0.1, 0.15) is 20.3 Å². The summed E-state index contributed by atoms with van der Waals surface area (Å²) >= 11 is 0. The number of likely N-dealkylation sites (N-methyl/N-ethyl adjacent to an activating group) is 1. The van der Waals surface area contributed by atoms with E-state index in [1.165, 1.54) is 6.92 Å². The van der Waals surface area contributed by atoms with E-state index in [4.69, 9.17) is 9.47 Å². The van der Waals surface area contributed by atoms with Crippen molar-refractivity contribution in [3.8, 4) is 0 Å². The third-order valence-corrected chi connectivity index (χ3v) is 2.52. The van der Waals surface area contributed by atoms with Gasteiger partial charge in [-0.2, -0.15) is 0 Å². The highest BCUT2D eigenvalue weighted by Gasteiger charge is 2.28. The summed E-state index contributed by atoms with van der Waals surface area (Å²) in [5.74, 6) is -2.21. The summed E-state index contributed by atoms with van der Waals surface area (Å²) in [5, 5.41) is 19.6. The van der Waals surface area contributed by atoms with Crippen LogP contribution >= 0.6 is 0 Å². The predicted molar refractivity (Wildman–Crippen MR) is 72.7 cm³/mol. The Morgan fingerprint density at radius 3 is 2.30 bits per heavy atom. The van der Waals surface area contributed by atoms with Crippen LogP contribution < -0.4 is 0 Å². The molecule has 0 spiro atoms. The number of nitrogens with zero attached hydrogens (tertiary/aromatic N) is 1. The van der Waals surface area contributed by atoms with Gasteiger partial charge in [0.1, 0.15) is 25.9 Å². The van der Waals surface area contributed by atoms with Gasteiger partial charge in [0.2, 0.25) is 0 Å². The molecule has 0 saturated heterocycles. The number of aliphatic hydroxyl groups excluding tert-OH is 1. The van der Waals surface area contributed by atoms with Crippen molar-refractivity contribution in [3.05, 3.63) is 0 Å². The SMILES string of the molecule is CCC(O)(OCC[N+](C)(C)C)OCC(O)COC(C)=O. The Labute approximate surface area is 120 Å². The van der Waals surface area contributed by atoms with E-state index in [2.05, 4.69) is 4.74 Å². The average molecular weight is 294 g/mol. The fourth-order valence-corrected chi connectivity index (χ4v) is 1.21. The van der Waals surface area contributed by atoms with Gasteiger partial charge in [0.15, 0.2) is 0 Å². The molecule has 0 aliphatic carbocycles. The molecule has 0 saturated carbocycles. The van der Waals surface area contributed by atoms with Crippen molar-refractivity contribution in [1.82, 2.24) is 0 Å². The fourth-order valence-electron chi connectivity index (χ4n) is 1.21. The van der Waals surface area contributed by atoms with Gasteiger partial charge in [-0.3, -0.25) is 4.79 Å². The summed E-state index contributed by atoms with van der Waals surface area (Å²) in [6.45, 7) is 3.65. The van der Waals surface area contributed by atoms with Crippen LogP contribution in [-0.2, 0) is 19.0 Å². The van der Waals surface area contributed by atoms with E-state index in [1.54, 1.807) is 6.92 Å². The zero-order valence-corrected chi connectivity index (χ0v) is 13.1. The van der Waals surface area contributed by atoms with Crippen molar-refractivity contribution in [2.45, 2.75) is 32.3 Å². The van der Waals surface area contributed by atoms with Gasteiger partial charge in [-0.25, -0.2) is 0 Å². The first kappa shape index (κ1) is 19.3. The number of carbonyl (C=O) groups excluding carboxylic acids is 1. The highest BCUT2D eigenvalue weighted by Crippen LogP contribution is 2.14. The van der Waals surface area contributed by atoms with Crippen LogP contribution in [-0.4, -0.2) is 80.3 Å². The van der Waals surface area contributed by atoms with E-state index in [1.807, 2.05) is 21.1 Å². The van der Waals surface area contributed by atoms with Gasteiger partial charge < -0.3 is 28.9 Å². The summed E-state index contributed by atoms with van der Waals surface area (Å²) in [5.41, 5.74) is 0. The first-order chi connectivity index (χ1) is 9.08. The molecule has 0 aliphatic heterocycles. The normalized spacial score (nSPS) is 16.6.